The van der Waals surface area contributed by atoms with Crippen LogP contribution in [-0.4, -0.2) is 61.2 Å². The quantitative estimate of drug-likeness (QED) is 0.348. The highest BCUT2D eigenvalue weighted by Gasteiger charge is 2.18. The van der Waals surface area contributed by atoms with Gasteiger partial charge in [0.1, 0.15) is 0 Å². The second-order valence-corrected chi connectivity index (χ2v) is 5.11. The topological polar surface area (TPSA) is 90.5 Å². The van der Waals surface area contributed by atoms with Gasteiger partial charge in [0.2, 0.25) is 11.8 Å². The largest absolute Gasteiger partial charge is 0.359 e. The van der Waals surface area contributed by atoms with Crippen LogP contribution < -0.4 is 16.0 Å². The van der Waals surface area contributed by atoms with Crippen molar-refractivity contribution in [3.05, 3.63) is 12.3 Å². The molecule has 0 spiro atoms. The molecule has 0 bridgehead atoms. The number of likely N-dealkylation sites (N-methyl/N-ethyl adjacent to an activating group) is 1. The summed E-state index contributed by atoms with van der Waals surface area (Å²) in [5, 5.41) is 7.95. The normalized spacial score (nSPS) is 10.5. The molecule has 0 aliphatic carbocycles. The van der Waals surface area contributed by atoms with E-state index in [2.05, 4.69) is 28.2 Å². The van der Waals surface area contributed by atoms with E-state index in [1.54, 1.807) is 20.9 Å². The Morgan fingerprint density at radius 2 is 1.95 bits per heavy atom. The Labute approximate surface area is 136 Å². The Morgan fingerprint density at radius 3 is 2.50 bits per heavy atom. The first kappa shape index (κ1) is 20.2. The van der Waals surface area contributed by atoms with Gasteiger partial charge >= 0.3 is 0 Å². The molecule has 0 fully saturated rings. The minimum Gasteiger partial charge on any atom is -0.359 e. The average molecular weight is 328 g/mol. The van der Waals surface area contributed by atoms with E-state index in [0.29, 0.717) is 13.1 Å². The molecule has 0 rings (SSSR count). The molecule has 124 valence electrons. The SMILES string of the molecule is CNCCN(CC(=O)C(C)C)C(=O)CNC(=O)/C=C\NC=S. The van der Waals surface area contributed by atoms with Gasteiger partial charge in [-0.05, 0) is 7.05 Å². The van der Waals surface area contributed by atoms with E-state index in [4.69, 9.17) is 0 Å². The van der Waals surface area contributed by atoms with Crippen LogP contribution in [0.5, 0.6) is 0 Å². The van der Waals surface area contributed by atoms with Crippen LogP contribution in [0.4, 0.5) is 0 Å². The number of carbonyl (C=O) groups excluding carboxylic acids is 3. The molecule has 0 saturated heterocycles. The lowest BCUT2D eigenvalue weighted by Crippen LogP contribution is -2.45. The van der Waals surface area contributed by atoms with Crippen LogP contribution in [-0.2, 0) is 14.4 Å². The van der Waals surface area contributed by atoms with E-state index in [9.17, 15) is 14.4 Å². The van der Waals surface area contributed by atoms with Crippen LogP contribution in [0.25, 0.3) is 0 Å². The number of thiocarbonyl (C=S) groups is 1. The van der Waals surface area contributed by atoms with Gasteiger partial charge in [0, 0.05) is 31.3 Å². The zero-order valence-corrected chi connectivity index (χ0v) is 14.0. The van der Waals surface area contributed by atoms with Crippen molar-refractivity contribution >= 4 is 35.3 Å². The van der Waals surface area contributed by atoms with E-state index in [1.807, 2.05) is 0 Å². The average Bonchev–Trinajstić information content (AvgIpc) is 2.48. The Hall–Kier alpha value is -1.80. The first-order chi connectivity index (χ1) is 10.4. The molecule has 7 nitrogen and oxygen atoms in total. The molecule has 2 amide bonds. The third-order valence-corrected chi connectivity index (χ3v) is 2.92. The smallest absolute Gasteiger partial charge is 0.245 e. The summed E-state index contributed by atoms with van der Waals surface area (Å²) in [5.41, 5.74) is 1.26. The zero-order chi connectivity index (χ0) is 17.0. The molecule has 0 heterocycles. The number of nitrogens with zero attached hydrogens (tertiary/aromatic N) is 1. The summed E-state index contributed by atoms with van der Waals surface area (Å²) < 4.78 is 0. The van der Waals surface area contributed by atoms with Gasteiger partial charge in [0.25, 0.3) is 0 Å². The molecular weight excluding hydrogens is 304 g/mol. The molecule has 0 aliphatic rings. The third kappa shape index (κ3) is 9.19. The Morgan fingerprint density at radius 1 is 1.27 bits per heavy atom. The van der Waals surface area contributed by atoms with Gasteiger partial charge in [0.15, 0.2) is 5.78 Å². The molecule has 0 radical (unpaired) electrons. The maximum absolute atomic E-state index is 12.1. The summed E-state index contributed by atoms with van der Waals surface area (Å²) in [6.45, 7) is 4.46. The summed E-state index contributed by atoms with van der Waals surface area (Å²) in [7, 11) is 1.77. The number of carbonyl (C=O) groups is 3. The van der Waals surface area contributed by atoms with Crippen LogP contribution in [0, 0.1) is 5.92 Å². The molecule has 0 atom stereocenters. The van der Waals surface area contributed by atoms with Crippen molar-refractivity contribution in [2.45, 2.75) is 13.8 Å². The molecule has 0 unspecified atom stereocenters. The first-order valence-corrected chi connectivity index (χ1v) is 7.48. The van der Waals surface area contributed by atoms with Crippen molar-refractivity contribution in [3.63, 3.8) is 0 Å². The van der Waals surface area contributed by atoms with Crippen molar-refractivity contribution in [2.75, 3.05) is 33.2 Å². The molecular formula is C14H24N4O3S. The maximum atomic E-state index is 12.1. The predicted molar refractivity (Wildman–Crippen MR) is 89.3 cm³/mol. The molecule has 22 heavy (non-hydrogen) atoms. The lowest BCUT2D eigenvalue weighted by molar-refractivity contribution is -0.136. The van der Waals surface area contributed by atoms with Crippen LogP contribution in [0.15, 0.2) is 12.3 Å². The molecule has 0 aromatic carbocycles. The predicted octanol–water partition coefficient (Wildman–Crippen LogP) is -0.564. The van der Waals surface area contributed by atoms with Gasteiger partial charge in [-0.15, -0.1) is 0 Å². The van der Waals surface area contributed by atoms with Crippen molar-refractivity contribution in [1.82, 2.24) is 20.9 Å². The van der Waals surface area contributed by atoms with Crippen LogP contribution in [0.2, 0.25) is 0 Å². The fourth-order valence-electron chi connectivity index (χ4n) is 1.41. The standard InChI is InChI=1S/C14H24N4O3S/c1-11(2)12(19)9-18(7-6-15-3)14(21)8-17-13(20)4-5-16-10-22/h4-5,10-11,15H,6-9H2,1-3H3,(H,16,22)(H,17,20)/b5-4-. The lowest BCUT2D eigenvalue weighted by Gasteiger charge is -2.22. The lowest BCUT2D eigenvalue weighted by atomic mass is 10.1. The molecule has 0 saturated carbocycles. The Bertz CT molecular complexity index is 424. The number of amides is 2. The molecule has 3 N–H and O–H groups in total. The van der Waals surface area contributed by atoms with Crippen molar-refractivity contribution in [3.8, 4) is 0 Å². The van der Waals surface area contributed by atoms with Gasteiger partial charge in [-0.25, -0.2) is 0 Å². The van der Waals surface area contributed by atoms with Crippen LogP contribution in [0.1, 0.15) is 13.8 Å². The Kier molecular flexibility index (Phi) is 10.8. The van der Waals surface area contributed by atoms with Crippen LogP contribution in [0.3, 0.4) is 0 Å². The number of nitrogens with one attached hydrogen (secondary N) is 3. The van der Waals surface area contributed by atoms with Crippen molar-refractivity contribution in [2.24, 2.45) is 5.92 Å². The maximum Gasteiger partial charge on any atom is 0.245 e. The van der Waals surface area contributed by atoms with Gasteiger partial charge in [-0.2, -0.15) is 0 Å². The summed E-state index contributed by atoms with van der Waals surface area (Å²) in [6.07, 6.45) is 2.60. The fourth-order valence-corrected chi connectivity index (χ4v) is 1.48. The highest BCUT2D eigenvalue weighted by molar-refractivity contribution is 7.78. The van der Waals surface area contributed by atoms with Gasteiger partial charge in [0.05, 0.1) is 18.6 Å². The number of Topliss-reactive ketones (excluding diaryl/α,β-unsaturated/α-hetero) is 1. The van der Waals surface area contributed by atoms with Crippen molar-refractivity contribution in [1.29, 1.82) is 0 Å². The second-order valence-electron chi connectivity index (χ2n) is 4.88. The number of hydrogen-bond donors (Lipinski definition) is 3. The zero-order valence-electron chi connectivity index (χ0n) is 13.2. The van der Waals surface area contributed by atoms with E-state index in [1.165, 1.54) is 22.7 Å². The molecule has 8 heteroatoms. The Balaban J connectivity index is 4.46. The molecule has 0 aromatic heterocycles. The molecule has 0 aliphatic heterocycles. The van der Waals surface area contributed by atoms with Crippen molar-refractivity contribution < 1.29 is 14.4 Å². The first-order valence-electron chi connectivity index (χ1n) is 7.01. The summed E-state index contributed by atoms with van der Waals surface area (Å²) in [6, 6.07) is 0. The number of rotatable bonds is 11. The van der Waals surface area contributed by atoms with E-state index >= 15 is 0 Å². The minimum absolute atomic E-state index is 0.0131. The highest BCUT2D eigenvalue weighted by atomic mass is 32.1. The van der Waals surface area contributed by atoms with Crippen LogP contribution >= 0.6 is 12.2 Å². The third-order valence-electron chi connectivity index (χ3n) is 2.79. The van der Waals surface area contributed by atoms with Gasteiger partial charge in [-0.1, -0.05) is 26.1 Å². The van der Waals surface area contributed by atoms with E-state index in [-0.39, 0.29) is 30.7 Å². The monoisotopic (exact) mass is 328 g/mol. The summed E-state index contributed by atoms with van der Waals surface area (Å²) >= 11 is 4.53. The molecule has 0 aromatic rings. The summed E-state index contributed by atoms with van der Waals surface area (Å²) in [5.74, 6) is -0.862. The number of ketones is 1. The number of hydrogen-bond acceptors (Lipinski definition) is 5. The highest BCUT2D eigenvalue weighted by Crippen LogP contribution is 1.98. The van der Waals surface area contributed by atoms with Gasteiger partial charge < -0.3 is 20.9 Å². The fraction of sp³-hybridized carbons (Fsp3) is 0.571. The minimum atomic E-state index is -0.415. The van der Waals surface area contributed by atoms with E-state index in [0.717, 1.165) is 0 Å². The second kappa shape index (κ2) is 11.8. The van der Waals surface area contributed by atoms with E-state index < -0.39 is 5.91 Å². The van der Waals surface area contributed by atoms with Gasteiger partial charge in [-0.3, -0.25) is 14.4 Å². The summed E-state index contributed by atoms with van der Waals surface area (Å²) in [4.78, 5) is 36.8.